The number of hydrogen-bond acceptors (Lipinski definition) is 5. The Kier molecular flexibility index (Phi) is 8.55. The Hall–Kier alpha value is -7.02. The average Bonchev–Trinajstić information content (AvgIpc) is 3.59. The van der Waals surface area contributed by atoms with Gasteiger partial charge in [0.2, 0.25) is 0 Å². The number of hydrogen-bond donors (Lipinski definition) is 2. The maximum absolute atomic E-state index is 5.26. The number of anilines is 2. The van der Waals surface area contributed by atoms with Gasteiger partial charge in [-0.05, 0) is 65.6 Å². The average molecular weight is 751 g/mol. The molecule has 2 aromatic heterocycles. The summed E-state index contributed by atoms with van der Waals surface area (Å²) in [7, 11) is 0. The molecule has 11 rings (SSSR count). The number of pyridine rings is 1. The highest BCUT2D eigenvalue weighted by molar-refractivity contribution is 6.04. The molecule has 0 saturated heterocycles. The van der Waals surface area contributed by atoms with Crippen molar-refractivity contribution in [3.8, 4) is 27.9 Å². The van der Waals surface area contributed by atoms with Crippen molar-refractivity contribution in [2.75, 3.05) is 4.90 Å². The molecule has 0 radical (unpaired) electrons. The zero-order valence-corrected chi connectivity index (χ0v) is 31.9. The second-order valence-corrected chi connectivity index (χ2v) is 15.4. The van der Waals surface area contributed by atoms with Crippen LogP contribution in [0, 0.1) is 5.92 Å². The fraction of sp³-hybridized carbons (Fsp3) is 0.115. The number of fused-ring (bicyclic) bond motifs is 7. The van der Waals surface area contributed by atoms with Crippen LogP contribution < -0.4 is 15.5 Å². The molecule has 6 heteroatoms. The molecule has 4 heterocycles. The third kappa shape index (κ3) is 5.92. The maximum Gasteiger partial charge on any atom is 0.131 e. The van der Waals surface area contributed by atoms with Crippen molar-refractivity contribution in [1.29, 1.82) is 0 Å². The first-order valence-electron chi connectivity index (χ1n) is 20.3. The Labute approximate surface area is 338 Å². The second-order valence-electron chi connectivity index (χ2n) is 15.4. The molecule has 280 valence electrons. The summed E-state index contributed by atoms with van der Waals surface area (Å²) in [6.45, 7) is 0. The Morgan fingerprint density at radius 1 is 0.638 bits per heavy atom. The Bertz CT molecular complexity index is 2810. The smallest absolute Gasteiger partial charge is 0.131 e. The summed E-state index contributed by atoms with van der Waals surface area (Å²) in [5.74, 6) is 1.29. The number of benzene rings is 5. The van der Waals surface area contributed by atoms with Crippen molar-refractivity contribution < 1.29 is 0 Å². The number of allylic oxidation sites excluding steroid dienone is 5. The Morgan fingerprint density at radius 2 is 1.38 bits per heavy atom. The predicted octanol–water partition coefficient (Wildman–Crippen LogP) is 11.2. The van der Waals surface area contributed by atoms with Gasteiger partial charge in [-0.15, -0.1) is 0 Å². The lowest BCUT2D eigenvalue weighted by Gasteiger charge is -2.37. The van der Waals surface area contributed by atoms with Gasteiger partial charge in [-0.3, -0.25) is 10.3 Å². The van der Waals surface area contributed by atoms with Gasteiger partial charge in [0.15, 0.2) is 0 Å². The molecule has 0 amide bonds. The summed E-state index contributed by atoms with van der Waals surface area (Å²) < 4.78 is 2.44. The first-order chi connectivity index (χ1) is 28.8. The van der Waals surface area contributed by atoms with Crippen LogP contribution in [0.5, 0.6) is 0 Å². The molecule has 5 unspecified atom stereocenters. The van der Waals surface area contributed by atoms with E-state index >= 15 is 0 Å². The molecule has 58 heavy (non-hydrogen) atoms. The van der Waals surface area contributed by atoms with Gasteiger partial charge in [-0.2, -0.15) is 0 Å². The van der Waals surface area contributed by atoms with Gasteiger partial charge in [0.25, 0.3) is 0 Å². The first-order valence-corrected chi connectivity index (χ1v) is 20.3. The normalized spacial score (nSPS) is 21.8. The van der Waals surface area contributed by atoms with E-state index in [1.165, 1.54) is 27.9 Å². The summed E-state index contributed by atoms with van der Waals surface area (Å²) in [4.78, 5) is 12.4. The van der Waals surface area contributed by atoms with Gasteiger partial charge in [0.1, 0.15) is 12.0 Å². The molecule has 6 nitrogen and oxygen atoms in total. The third-order valence-corrected chi connectivity index (χ3v) is 12.0. The zero-order valence-electron chi connectivity index (χ0n) is 31.9. The molecule has 5 aromatic carbocycles. The van der Waals surface area contributed by atoms with Gasteiger partial charge in [0.05, 0.1) is 23.9 Å². The van der Waals surface area contributed by atoms with Crippen LogP contribution in [0.3, 0.4) is 0 Å². The fourth-order valence-corrected chi connectivity index (χ4v) is 9.36. The number of rotatable bonds is 6. The van der Waals surface area contributed by atoms with E-state index in [0.29, 0.717) is 5.92 Å². The number of amidine groups is 1. The lowest BCUT2D eigenvalue weighted by Crippen LogP contribution is -2.54. The summed E-state index contributed by atoms with van der Waals surface area (Å²) in [5, 5.41) is 8.79. The van der Waals surface area contributed by atoms with Crippen molar-refractivity contribution in [3.05, 3.63) is 217 Å². The molecule has 5 atom stereocenters. The number of aliphatic imine (C=N–C) groups is 1. The molecule has 0 saturated carbocycles. The first kappa shape index (κ1) is 34.2. The monoisotopic (exact) mass is 750 g/mol. The van der Waals surface area contributed by atoms with E-state index < -0.39 is 0 Å². The maximum atomic E-state index is 5.26. The standard InChI is InChI=1S/C52H42N6/c1-4-16-35(17-5-1)50-54-51(36-18-6-2-7-19-36)56-52(55-50)39-22-14-20-37(32-39)38-21-15-25-41(33-38)57-45-28-12-10-26-42(45)48-43-30-31-53-34-47(43)58(40-23-8-3-9-24-40)49(48)44-27-11-13-29-46(44)57/h1-18,20-34,36,44,46,51-52,56H,19H2,(H,54,55). The number of nitrogens with one attached hydrogen (secondary N) is 2. The van der Waals surface area contributed by atoms with Crippen LogP contribution in [0.25, 0.3) is 38.8 Å². The van der Waals surface area contributed by atoms with E-state index in [9.17, 15) is 0 Å². The van der Waals surface area contributed by atoms with Crippen LogP contribution >= 0.6 is 0 Å². The fourth-order valence-electron chi connectivity index (χ4n) is 9.36. The van der Waals surface area contributed by atoms with Crippen LogP contribution in [0.2, 0.25) is 0 Å². The minimum Gasteiger partial charge on any atom is -0.354 e. The van der Waals surface area contributed by atoms with Gasteiger partial charge >= 0.3 is 0 Å². The highest BCUT2D eigenvalue weighted by atomic mass is 15.3. The number of aromatic nitrogens is 2. The van der Waals surface area contributed by atoms with Gasteiger partial charge in [-0.1, -0.05) is 146 Å². The van der Waals surface area contributed by atoms with E-state index in [1.807, 2.05) is 12.4 Å². The van der Waals surface area contributed by atoms with Crippen molar-refractivity contribution >= 4 is 28.1 Å². The van der Waals surface area contributed by atoms with Crippen LogP contribution in [0.15, 0.2) is 206 Å². The van der Waals surface area contributed by atoms with E-state index in [4.69, 9.17) is 4.99 Å². The molecule has 7 aromatic rings. The van der Waals surface area contributed by atoms with Crippen molar-refractivity contribution in [2.24, 2.45) is 10.9 Å². The minimum atomic E-state index is -0.208. The zero-order chi connectivity index (χ0) is 38.4. The van der Waals surface area contributed by atoms with Crippen molar-refractivity contribution in [3.63, 3.8) is 0 Å². The summed E-state index contributed by atoms with van der Waals surface area (Å²) in [5.41, 5.74) is 12.9. The molecule has 2 aliphatic heterocycles. The molecule has 2 N–H and O–H groups in total. The van der Waals surface area contributed by atoms with E-state index in [1.54, 1.807) is 0 Å². The molecule has 4 aliphatic rings. The lowest BCUT2D eigenvalue weighted by atomic mass is 9.88. The molecular formula is C52H42N6. The topological polar surface area (TPSA) is 57.5 Å². The van der Waals surface area contributed by atoms with Gasteiger partial charge in [0, 0.05) is 62.9 Å². The molecular weight excluding hydrogens is 709 g/mol. The predicted molar refractivity (Wildman–Crippen MR) is 237 cm³/mol. The largest absolute Gasteiger partial charge is 0.354 e. The van der Waals surface area contributed by atoms with Crippen molar-refractivity contribution in [1.82, 2.24) is 20.2 Å². The van der Waals surface area contributed by atoms with Crippen LogP contribution in [-0.4, -0.2) is 27.6 Å². The number of nitrogens with zero attached hydrogens (tertiary/aromatic N) is 4. The highest BCUT2D eigenvalue weighted by Crippen LogP contribution is 2.52. The molecule has 0 spiro atoms. The minimum absolute atomic E-state index is 0.0269. The number of para-hydroxylation sites is 2. The Morgan fingerprint density at radius 3 is 2.24 bits per heavy atom. The van der Waals surface area contributed by atoms with Crippen LogP contribution in [0.4, 0.5) is 11.4 Å². The van der Waals surface area contributed by atoms with E-state index in [-0.39, 0.29) is 24.3 Å². The summed E-state index contributed by atoms with van der Waals surface area (Å²) in [6, 6.07) is 50.3. The highest BCUT2D eigenvalue weighted by Gasteiger charge is 2.38. The summed E-state index contributed by atoms with van der Waals surface area (Å²) >= 11 is 0. The van der Waals surface area contributed by atoms with Crippen molar-refractivity contribution in [2.45, 2.75) is 30.7 Å². The van der Waals surface area contributed by atoms with Gasteiger partial charge in [-0.25, -0.2) is 4.99 Å². The summed E-state index contributed by atoms with van der Waals surface area (Å²) in [6.07, 6.45) is 22.7. The quantitative estimate of drug-likeness (QED) is 0.178. The molecule has 0 bridgehead atoms. The van der Waals surface area contributed by atoms with E-state index in [2.05, 4.69) is 213 Å². The van der Waals surface area contributed by atoms with E-state index in [0.717, 1.165) is 51.4 Å². The third-order valence-electron chi connectivity index (χ3n) is 12.0. The van der Waals surface area contributed by atoms with Crippen LogP contribution in [0.1, 0.15) is 35.3 Å². The Balaban J connectivity index is 1.01. The lowest BCUT2D eigenvalue weighted by molar-refractivity contribution is 0.328. The van der Waals surface area contributed by atoms with Gasteiger partial charge < -0.3 is 14.8 Å². The second kappa shape index (κ2) is 14.5. The SMILES string of the molecule is C1=CCC(C2NC(c3ccccc3)=NC(c3cccc(-c4cccc(N5c6ccccc6-c6c(n(-c7ccccc7)c7cnccc67)C6C=CC=CC65)c4)c3)N2)C=C1. The molecule has 2 aliphatic carbocycles. The van der Waals surface area contributed by atoms with Crippen LogP contribution in [-0.2, 0) is 0 Å². The molecule has 0 fully saturated rings.